The smallest absolute Gasteiger partial charge is 0.407 e. The summed E-state index contributed by atoms with van der Waals surface area (Å²) in [6.45, 7) is 7.65. The lowest BCUT2D eigenvalue weighted by atomic mass is 10.0. The molecular formula is C15H22BrNO2. The van der Waals surface area contributed by atoms with E-state index in [2.05, 4.69) is 40.3 Å². The third-order valence-corrected chi connectivity index (χ3v) is 3.14. The van der Waals surface area contributed by atoms with Gasteiger partial charge >= 0.3 is 6.09 Å². The summed E-state index contributed by atoms with van der Waals surface area (Å²) in [6.07, 6.45) is 1.33. The Labute approximate surface area is 123 Å². The van der Waals surface area contributed by atoms with E-state index in [1.54, 1.807) is 0 Å². The van der Waals surface area contributed by atoms with Gasteiger partial charge in [0.05, 0.1) is 0 Å². The largest absolute Gasteiger partial charge is 0.444 e. The second kappa shape index (κ2) is 6.94. The van der Waals surface area contributed by atoms with Crippen LogP contribution in [0.2, 0.25) is 0 Å². The molecule has 0 aromatic heterocycles. The zero-order chi connectivity index (χ0) is 14.5. The number of carbonyl (C=O) groups excluding carboxylic acids is 1. The normalized spacial score (nSPS) is 12.9. The molecule has 0 aliphatic carbocycles. The van der Waals surface area contributed by atoms with Gasteiger partial charge in [-0.15, -0.1) is 0 Å². The summed E-state index contributed by atoms with van der Waals surface area (Å²) in [5, 5.41) is 2.91. The zero-order valence-corrected chi connectivity index (χ0v) is 13.6. The Kier molecular flexibility index (Phi) is 5.85. The molecule has 106 valence electrons. The Bertz CT molecular complexity index is 409. The minimum Gasteiger partial charge on any atom is -0.444 e. The number of amides is 1. The van der Waals surface area contributed by atoms with E-state index in [4.69, 9.17) is 4.74 Å². The van der Waals surface area contributed by atoms with Gasteiger partial charge in [0.25, 0.3) is 0 Å². The zero-order valence-electron chi connectivity index (χ0n) is 12.0. The van der Waals surface area contributed by atoms with Crippen LogP contribution in [0.1, 0.15) is 39.7 Å². The van der Waals surface area contributed by atoms with Gasteiger partial charge in [-0.3, -0.25) is 0 Å². The third kappa shape index (κ3) is 6.62. The summed E-state index contributed by atoms with van der Waals surface area (Å²) in [5.41, 5.74) is 0.742. The van der Waals surface area contributed by atoms with Crippen molar-refractivity contribution in [3.05, 3.63) is 34.3 Å². The predicted octanol–water partition coefficient (Wildman–Crippen LogP) is 4.29. The van der Waals surface area contributed by atoms with Crippen molar-refractivity contribution < 1.29 is 9.53 Å². The molecule has 0 aliphatic rings. The summed E-state index contributed by atoms with van der Waals surface area (Å²) < 4.78 is 6.33. The molecule has 4 heteroatoms. The summed E-state index contributed by atoms with van der Waals surface area (Å²) in [4.78, 5) is 11.7. The Morgan fingerprint density at radius 1 is 1.32 bits per heavy atom. The first-order valence-corrected chi connectivity index (χ1v) is 7.33. The van der Waals surface area contributed by atoms with Gasteiger partial charge in [-0.25, -0.2) is 4.79 Å². The van der Waals surface area contributed by atoms with Gasteiger partial charge in [0, 0.05) is 10.5 Å². The number of benzene rings is 1. The highest BCUT2D eigenvalue weighted by Crippen LogP contribution is 2.13. The Balaban J connectivity index is 2.54. The molecule has 1 N–H and O–H groups in total. The van der Waals surface area contributed by atoms with Gasteiger partial charge in [0.1, 0.15) is 5.60 Å². The molecule has 1 aromatic carbocycles. The standard InChI is InChI=1S/C15H22BrNO2/c1-5-13(17-14(18)19-15(2,3)4)10-11-6-8-12(16)9-7-11/h6-9,13H,5,10H2,1-4H3,(H,17,18). The maximum absolute atomic E-state index is 11.7. The Morgan fingerprint density at radius 2 is 1.89 bits per heavy atom. The summed E-state index contributed by atoms with van der Waals surface area (Å²) in [5.74, 6) is 0. The summed E-state index contributed by atoms with van der Waals surface area (Å²) in [7, 11) is 0. The van der Waals surface area contributed by atoms with Crippen LogP contribution in [0.3, 0.4) is 0 Å². The highest BCUT2D eigenvalue weighted by Gasteiger charge is 2.18. The molecule has 1 unspecified atom stereocenters. The molecular weight excluding hydrogens is 306 g/mol. The number of ether oxygens (including phenoxy) is 1. The molecule has 0 spiro atoms. The number of hydrogen-bond acceptors (Lipinski definition) is 2. The number of halogens is 1. The summed E-state index contributed by atoms with van der Waals surface area (Å²) in [6, 6.07) is 8.23. The van der Waals surface area contributed by atoms with Crippen molar-refractivity contribution in [2.75, 3.05) is 0 Å². The lowest BCUT2D eigenvalue weighted by molar-refractivity contribution is 0.0503. The van der Waals surface area contributed by atoms with Crippen LogP contribution in [0.4, 0.5) is 4.79 Å². The molecule has 0 aliphatic heterocycles. The van der Waals surface area contributed by atoms with Gasteiger partial charge in [-0.1, -0.05) is 35.0 Å². The van der Waals surface area contributed by atoms with E-state index in [-0.39, 0.29) is 12.1 Å². The lowest BCUT2D eigenvalue weighted by Gasteiger charge is -2.23. The van der Waals surface area contributed by atoms with Crippen LogP contribution < -0.4 is 5.32 Å². The number of hydrogen-bond donors (Lipinski definition) is 1. The second-order valence-electron chi connectivity index (χ2n) is 5.58. The molecule has 0 fully saturated rings. The monoisotopic (exact) mass is 327 g/mol. The van der Waals surface area contributed by atoms with Crippen LogP contribution >= 0.6 is 15.9 Å². The lowest BCUT2D eigenvalue weighted by Crippen LogP contribution is -2.39. The van der Waals surface area contributed by atoms with Gasteiger partial charge in [-0.2, -0.15) is 0 Å². The van der Waals surface area contributed by atoms with Crippen molar-refractivity contribution in [1.29, 1.82) is 0 Å². The van der Waals surface area contributed by atoms with E-state index in [1.165, 1.54) is 5.56 Å². The molecule has 3 nitrogen and oxygen atoms in total. The fraction of sp³-hybridized carbons (Fsp3) is 0.533. The van der Waals surface area contributed by atoms with E-state index in [9.17, 15) is 4.79 Å². The van der Waals surface area contributed by atoms with Gasteiger partial charge in [-0.05, 0) is 51.3 Å². The van der Waals surface area contributed by atoms with Crippen LogP contribution in [-0.4, -0.2) is 17.7 Å². The molecule has 1 aromatic rings. The quantitative estimate of drug-likeness (QED) is 0.895. The molecule has 0 heterocycles. The first-order chi connectivity index (χ1) is 8.80. The molecule has 19 heavy (non-hydrogen) atoms. The SMILES string of the molecule is CCC(Cc1ccc(Br)cc1)NC(=O)OC(C)(C)C. The molecule has 1 rings (SSSR count). The van der Waals surface area contributed by atoms with Crippen molar-refractivity contribution in [1.82, 2.24) is 5.32 Å². The maximum Gasteiger partial charge on any atom is 0.407 e. The van der Waals surface area contributed by atoms with Gasteiger partial charge < -0.3 is 10.1 Å². The van der Waals surface area contributed by atoms with Crippen LogP contribution in [0, 0.1) is 0 Å². The van der Waals surface area contributed by atoms with E-state index in [1.807, 2.05) is 32.9 Å². The second-order valence-corrected chi connectivity index (χ2v) is 6.50. The highest BCUT2D eigenvalue weighted by atomic mass is 79.9. The third-order valence-electron chi connectivity index (χ3n) is 2.61. The summed E-state index contributed by atoms with van der Waals surface area (Å²) >= 11 is 3.41. The van der Waals surface area contributed by atoms with E-state index in [0.717, 1.165) is 17.3 Å². The van der Waals surface area contributed by atoms with Gasteiger partial charge in [0.2, 0.25) is 0 Å². The maximum atomic E-state index is 11.7. The average Bonchev–Trinajstić information content (AvgIpc) is 2.28. The van der Waals surface area contributed by atoms with Crippen LogP contribution in [0.5, 0.6) is 0 Å². The topological polar surface area (TPSA) is 38.3 Å². The molecule has 0 saturated carbocycles. The van der Waals surface area contributed by atoms with Crippen molar-refractivity contribution in [2.45, 2.75) is 52.2 Å². The first kappa shape index (κ1) is 16.0. The predicted molar refractivity (Wildman–Crippen MR) is 81.3 cm³/mol. The fourth-order valence-corrected chi connectivity index (χ4v) is 1.94. The Morgan fingerprint density at radius 3 is 2.37 bits per heavy atom. The number of alkyl carbamates (subject to hydrolysis) is 1. The minimum atomic E-state index is -0.458. The molecule has 0 saturated heterocycles. The average molecular weight is 328 g/mol. The fourth-order valence-electron chi connectivity index (χ4n) is 1.68. The van der Waals surface area contributed by atoms with Crippen LogP contribution in [-0.2, 0) is 11.2 Å². The molecule has 1 atom stereocenters. The van der Waals surface area contributed by atoms with Crippen molar-refractivity contribution in [2.24, 2.45) is 0 Å². The molecule has 0 radical (unpaired) electrons. The molecule has 1 amide bonds. The van der Waals surface area contributed by atoms with Crippen molar-refractivity contribution in [3.8, 4) is 0 Å². The van der Waals surface area contributed by atoms with Crippen LogP contribution in [0.25, 0.3) is 0 Å². The highest BCUT2D eigenvalue weighted by molar-refractivity contribution is 9.10. The number of carbonyl (C=O) groups is 1. The van der Waals surface area contributed by atoms with Crippen molar-refractivity contribution in [3.63, 3.8) is 0 Å². The van der Waals surface area contributed by atoms with E-state index < -0.39 is 5.60 Å². The minimum absolute atomic E-state index is 0.0935. The Hall–Kier alpha value is -1.03. The number of nitrogens with one attached hydrogen (secondary N) is 1. The van der Waals surface area contributed by atoms with Crippen molar-refractivity contribution >= 4 is 22.0 Å². The van der Waals surface area contributed by atoms with Gasteiger partial charge in [0.15, 0.2) is 0 Å². The van der Waals surface area contributed by atoms with E-state index >= 15 is 0 Å². The number of rotatable bonds is 4. The van der Waals surface area contributed by atoms with Crippen LogP contribution in [0.15, 0.2) is 28.7 Å². The molecule has 0 bridgehead atoms. The van der Waals surface area contributed by atoms with E-state index in [0.29, 0.717) is 0 Å². The first-order valence-electron chi connectivity index (χ1n) is 6.54.